The number of halogens is 2. The van der Waals surface area contributed by atoms with Gasteiger partial charge in [-0.05, 0) is 48.2 Å². The van der Waals surface area contributed by atoms with Gasteiger partial charge < -0.3 is 10.2 Å². The lowest BCUT2D eigenvalue weighted by Gasteiger charge is -2.25. The predicted molar refractivity (Wildman–Crippen MR) is 90.2 cm³/mol. The van der Waals surface area contributed by atoms with Crippen LogP contribution >= 0.6 is 11.6 Å². The molecule has 2 heterocycles. The highest BCUT2D eigenvalue weighted by Gasteiger charge is 2.31. The Balaban J connectivity index is 1.67. The molecular weight excluding hydrogens is 331 g/mol. The maximum absolute atomic E-state index is 13.9. The molecule has 2 amide bonds. The van der Waals surface area contributed by atoms with Gasteiger partial charge in [-0.15, -0.1) is 0 Å². The third kappa shape index (κ3) is 2.36. The van der Waals surface area contributed by atoms with E-state index in [0.29, 0.717) is 25.1 Å². The van der Waals surface area contributed by atoms with Crippen LogP contribution in [0.3, 0.4) is 0 Å². The van der Waals surface area contributed by atoms with Gasteiger partial charge in [0.2, 0.25) is 5.91 Å². The maximum Gasteiger partial charge on any atom is 0.260 e. The van der Waals surface area contributed by atoms with E-state index >= 15 is 0 Å². The molecule has 2 aliphatic rings. The van der Waals surface area contributed by atoms with Crippen molar-refractivity contribution in [2.45, 2.75) is 19.3 Å². The molecule has 6 heteroatoms. The van der Waals surface area contributed by atoms with Crippen molar-refractivity contribution in [1.82, 2.24) is 0 Å². The summed E-state index contributed by atoms with van der Waals surface area (Å²) in [6, 6.07) is 7.85. The summed E-state index contributed by atoms with van der Waals surface area (Å²) in [7, 11) is 0. The number of amides is 2. The zero-order valence-electron chi connectivity index (χ0n) is 12.7. The molecule has 2 aromatic rings. The Morgan fingerprint density at radius 3 is 2.67 bits per heavy atom. The Kier molecular flexibility index (Phi) is 3.53. The van der Waals surface area contributed by atoms with Gasteiger partial charge in [0.15, 0.2) is 0 Å². The normalized spacial score (nSPS) is 15.4. The molecule has 0 radical (unpaired) electrons. The molecule has 2 aromatic carbocycles. The molecule has 0 saturated heterocycles. The number of nitrogens with zero attached hydrogens (tertiary/aromatic N) is 1. The lowest BCUT2D eigenvalue weighted by molar-refractivity contribution is -0.118. The van der Waals surface area contributed by atoms with Gasteiger partial charge in [-0.2, -0.15) is 0 Å². The van der Waals surface area contributed by atoms with E-state index in [9.17, 15) is 14.0 Å². The summed E-state index contributed by atoms with van der Waals surface area (Å²) in [5.41, 5.74) is 3.50. The highest BCUT2D eigenvalue weighted by molar-refractivity contribution is 6.34. The molecule has 0 atom stereocenters. The van der Waals surface area contributed by atoms with Gasteiger partial charge in [-0.3, -0.25) is 9.59 Å². The highest BCUT2D eigenvalue weighted by atomic mass is 35.5. The summed E-state index contributed by atoms with van der Waals surface area (Å²) in [5.74, 6) is -1.08. The second kappa shape index (κ2) is 5.60. The molecule has 0 aromatic heterocycles. The summed E-state index contributed by atoms with van der Waals surface area (Å²) in [4.78, 5) is 26.1. The smallest absolute Gasteiger partial charge is 0.260 e. The van der Waals surface area contributed by atoms with Gasteiger partial charge >= 0.3 is 0 Å². The van der Waals surface area contributed by atoms with Crippen LogP contribution in [0.15, 0.2) is 30.3 Å². The molecule has 4 rings (SSSR count). The average molecular weight is 345 g/mol. The molecule has 0 bridgehead atoms. The van der Waals surface area contributed by atoms with E-state index in [1.54, 1.807) is 0 Å². The van der Waals surface area contributed by atoms with Gasteiger partial charge in [0.1, 0.15) is 5.82 Å². The van der Waals surface area contributed by atoms with Crippen LogP contribution in [0, 0.1) is 5.82 Å². The third-order valence-electron chi connectivity index (χ3n) is 4.50. The lowest BCUT2D eigenvalue weighted by Crippen LogP contribution is -2.32. The zero-order valence-corrected chi connectivity index (χ0v) is 13.5. The molecule has 1 N–H and O–H groups in total. The predicted octanol–water partition coefficient (Wildman–Crippen LogP) is 3.57. The highest BCUT2D eigenvalue weighted by Crippen LogP contribution is 2.38. The van der Waals surface area contributed by atoms with Crippen LogP contribution in [0.25, 0.3) is 0 Å². The second-order valence-electron chi connectivity index (χ2n) is 5.99. The van der Waals surface area contributed by atoms with Crippen molar-refractivity contribution in [1.29, 1.82) is 0 Å². The van der Waals surface area contributed by atoms with Crippen LogP contribution in [-0.4, -0.2) is 18.4 Å². The van der Waals surface area contributed by atoms with Gasteiger partial charge in [-0.25, -0.2) is 4.39 Å². The number of carbonyl (C=O) groups is 2. The first kappa shape index (κ1) is 15.1. The van der Waals surface area contributed by atoms with Crippen molar-refractivity contribution in [3.8, 4) is 0 Å². The van der Waals surface area contributed by atoms with Gasteiger partial charge in [0.05, 0.1) is 16.3 Å². The summed E-state index contributed by atoms with van der Waals surface area (Å²) >= 11 is 5.94. The molecule has 2 aliphatic heterocycles. The standard InChI is InChI=1S/C18H14ClFN2O2/c19-13-2-1-3-14(20)16(13)18(24)21-12-8-10-4-5-15(23)22-7-6-11(9-12)17(10)22/h1-3,8-9H,4-7H2,(H,21,24). The minimum absolute atomic E-state index is 0.0757. The molecule has 0 saturated carbocycles. The quantitative estimate of drug-likeness (QED) is 0.905. The number of rotatable bonds is 2. The second-order valence-corrected chi connectivity index (χ2v) is 6.40. The van der Waals surface area contributed by atoms with Crippen LogP contribution in [0.2, 0.25) is 5.02 Å². The van der Waals surface area contributed by atoms with Crippen molar-refractivity contribution in [3.05, 3.63) is 57.9 Å². The van der Waals surface area contributed by atoms with Crippen LogP contribution in [0.5, 0.6) is 0 Å². The fraction of sp³-hybridized carbons (Fsp3) is 0.222. The molecule has 24 heavy (non-hydrogen) atoms. The fourth-order valence-electron chi connectivity index (χ4n) is 3.44. The van der Waals surface area contributed by atoms with E-state index in [-0.39, 0.29) is 16.5 Å². The van der Waals surface area contributed by atoms with Crippen molar-refractivity contribution in [2.75, 3.05) is 16.8 Å². The number of hydrogen-bond acceptors (Lipinski definition) is 2. The van der Waals surface area contributed by atoms with Gasteiger partial charge in [-0.1, -0.05) is 17.7 Å². The molecule has 0 fully saturated rings. The molecule has 0 aliphatic carbocycles. The van der Waals surface area contributed by atoms with Crippen molar-refractivity contribution in [3.63, 3.8) is 0 Å². The number of benzene rings is 2. The van der Waals surface area contributed by atoms with Crippen LogP contribution in [0.4, 0.5) is 15.8 Å². The Bertz CT molecular complexity index is 861. The molecule has 122 valence electrons. The zero-order chi connectivity index (χ0) is 16.8. The Hall–Kier alpha value is -2.40. The van der Waals surface area contributed by atoms with E-state index in [1.165, 1.54) is 18.2 Å². The minimum atomic E-state index is -0.653. The summed E-state index contributed by atoms with van der Waals surface area (Å²) in [6.45, 7) is 0.678. The summed E-state index contributed by atoms with van der Waals surface area (Å²) in [5, 5.41) is 2.80. The van der Waals surface area contributed by atoms with E-state index in [2.05, 4.69) is 5.32 Å². The van der Waals surface area contributed by atoms with Crippen molar-refractivity contribution < 1.29 is 14.0 Å². The van der Waals surface area contributed by atoms with Crippen LogP contribution in [-0.2, 0) is 17.6 Å². The lowest BCUT2D eigenvalue weighted by atomic mass is 9.98. The van der Waals surface area contributed by atoms with Crippen molar-refractivity contribution >= 4 is 34.8 Å². The SMILES string of the molecule is O=C(Nc1cc2c3c(c1)CCN3C(=O)CC2)c1c(F)cccc1Cl. The monoisotopic (exact) mass is 344 g/mol. The Morgan fingerprint density at radius 1 is 1.17 bits per heavy atom. The number of carbonyl (C=O) groups excluding carboxylic acids is 2. The van der Waals surface area contributed by atoms with E-state index in [4.69, 9.17) is 11.6 Å². The Morgan fingerprint density at radius 2 is 1.92 bits per heavy atom. The van der Waals surface area contributed by atoms with Gasteiger partial charge in [0, 0.05) is 18.7 Å². The number of hydrogen-bond donors (Lipinski definition) is 1. The average Bonchev–Trinajstić information content (AvgIpc) is 2.96. The molecule has 0 spiro atoms. The first-order valence-corrected chi connectivity index (χ1v) is 8.14. The molecular formula is C18H14ClFN2O2. The third-order valence-corrected chi connectivity index (χ3v) is 4.81. The van der Waals surface area contributed by atoms with E-state index < -0.39 is 11.7 Å². The van der Waals surface area contributed by atoms with E-state index in [0.717, 1.165) is 23.2 Å². The number of nitrogens with one attached hydrogen (secondary N) is 1. The summed E-state index contributed by atoms with van der Waals surface area (Å²) in [6.07, 6.45) is 1.89. The topological polar surface area (TPSA) is 49.4 Å². The van der Waals surface area contributed by atoms with Crippen molar-refractivity contribution in [2.24, 2.45) is 0 Å². The maximum atomic E-state index is 13.9. The van der Waals surface area contributed by atoms with Crippen LogP contribution < -0.4 is 10.2 Å². The summed E-state index contributed by atoms with van der Waals surface area (Å²) < 4.78 is 13.9. The van der Waals surface area contributed by atoms with E-state index in [1.807, 2.05) is 17.0 Å². The fourth-order valence-corrected chi connectivity index (χ4v) is 3.69. The van der Waals surface area contributed by atoms with Gasteiger partial charge in [0.25, 0.3) is 5.91 Å². The molecule has 0 unspecified atom stereocenters. The van der Waals surface area contributed by atoms with Crippen LogP contribution in [0.1, 0.15) is 27.9 Å². The largest absolute Gasteiger partial charge is 0.322 e. The number of anilines is 2. The number of aryl methyl sites for hydroxylation is 1. The first-order chi connectivity index (χ1) is 11.5. The minimum Gasteiger partial charge on any atom is -0.322 e. The Labute approximate surface area is 143 Å². The first-order valence-electron chi connectivity index (χ1n) is 7.76. The molecule has 4 nitrogen and oxygen atoms in total.